The van der Waals surface area contributed by atoms with Gasteiger partial charge in [-0.25, -0.2) is 9.38 Å². The van der Waals surface area contributed by atoms with Crippen molar-refractivity contribution in [3.05, 3.63) is 52.6 Å². The van der Waals surface area contributed by atoms with E-state index in [9.17, 15) is 4.39 Å². The SMILES string of the molecule is CCNC(=NCc1ccc(N2CCOCC2)c(F)c1)N(C)Cc1cc(Cl)cn1C.I. The Bertz CT molecular complexity index is 854. The third-order valence-electron chi connectivity index (χ3n) is 4.95. The second-order valence-electron chi connectivity index (χ2n) is 7.17. The predicted molar refractivity (Wildman–Crippen MR) is 132 cm³/mol. The molecule has 0 unspecified atom stereocenters. The monoisotopic (exact) mass is 549 g/mol. The van der Waals surface area contributed by atoms with Crippen molar-refractivity contribution >= 4 is 47.2 Å². The standard InChI is InChI=1S/C21H29ClFN5O.HI/c1-4-24-21(27(3)15-18-12-17(22)14-26(18)2)25-13-16-5-6-20(19(23)11-16)28-7-9-29-10-8-28;/h5-6,11-12,14H,4,7-10,13,15H2,1-3H3,(H,24,25);1H. The van der Waals surface area contributed by atoms with Gasteiger partial charge in [0.15, 0.2) is 5.96 Å². The lowest BCUT2D eigenvalue weighted by molar-refractivity contribution is 0.122. The quantitative estimate of drug-likeness (QED) is 0.338. The van der Waals surface area contributed by atoms with Gasteiger partial charge in [-0.1, -0.05) is 17.7 Å². The summed E-state index contributed by atoms with van der Waals surface area (Å²) in [6.07, 6.45) is 1.88. The summed E-state index contributed by atoms with van der Waals surface area (Å²) in [5, 5.41) is 4.01. The summed E-state index contributed by atoms with van der Waals surface area (Å²) in [4.78, 5) is 8.75. The summed E-state index contributed by atoms with van der Waals surface area (Å²) < 4.78 is 22.0. The number of hydrogen-bond acceptors (Lipinski definition) is 3. The normalized spacial score (nSPS) is 14.4. The maximum atomic E-state index is 14.6. The molecule has 0 saturated carbocycles. The van der Waals surface area contributed by atoms with Crippen molar-refractivity contribution in [1.29, 1.82) is 0 Å². The van der Waals surface area contributed by atoms with Gasteiger partial charge in [-0.3, -0.25) is 0 Å². The third-order valence-corrected chi connectivity index (χ3v) is 5.15. The molecule has 1 aliphatic rings. The molecule has 1 aromatic heterocycles. The molecule has 1 aliphatic heterocycles. The number of benzene rings is 1. The van der Waals surface area contributed by atoms with Gasteiger partial charge in [0.1, 0.15) is 5.82 Å². The summed E-state index contributed by atoms with van der Waals surface area (Å²) in [7, 11) is 3.95. The zero-order chi connectivity index (χ0) is 20.8. The molecular weight excluding hydrogens is 520 g/mol. The Balaban J connectivity index is 0.00000320. The van der Waals surface area contributed by atoms with Crippen LogP contribution in [0, 0.1) is 5.82 Å². The molecule has 3 rings (SSSR count). The van der Waals surface area contributed by atoms with Crippen LogP contribution in [0.1, 0.15) is 18.2 Å². The molecule has 0 bridgehead atoms. The lowest BCUT2D eigenvalue weighted by atomic mass is 10.1. The lowest BCUT2D eigenvalue weighted by Crippen LogP contribution is -2.38. The van der Waals surface area contributed by atoms with Crippen molar-refractivity contribution in [2.75, 3.05) is 44.8 Å². The molecule has 2 aromatic rings. The molecule has 1 fully saturated rings. The molecule has 166 valence electrons. The van der Waals surface area contributed by atoms with Gasteiger partial charge in [-0.05, 0) is 30.7 Å². The van der Waals surface area contributed by atoms with Crippen LogP contribution in [0.15, 0.2) is 35.5 Å². The number of aryl methyl sites for hydroxylation is 1. The number of anilines is 1. The van der Waals surface area contributed by atoms with E-state index < -0.39 is 0 Å². The fourth-order valence-electron chi connectivity index (χ4n) is 3.39. The van der Waals surface area contributed by atoms with Gasteiger partial charge in [0, 0.05) is 45.6 Å². The average Bonchev–Trinajstić information content (AvgIpc) is 3.02. The van der Waals surface area contributed by atoms with E-state index in [2.05, 4.69) is 10.3 Å². The zero-order valence-electron chi connectivity index (χ0n) is 17.7. The van der Waals surface area contributed by atoms with Crippen molar-refractivity contribution in [3.63, 3.8) is 0 Å². The first-order valence-electron chi connectivity index (χ1n) is 9.89. The highest BCUT2D eigenvalue weighted by molar-refractivity contribution is 14.0. The van der Waals surface area contributed by atoms with Crippen molar-refractivity contribution < 1.29 is 9.13 Å². The minimum atomic E-state index is -0.212. The Hall–Kier alpha value is -1.52. The third kappa shape index (κ3) is 6.49. The summed E-state index contributed by atoms with van der Waals surface area (Å²) in [6, 6.07) is 7.31. The topological polar surface area (TPSA) is 45.0 Å². The number of nitrogens with one attached hydrogen (secondary N) is 1. The molecule has 0 amide bonds. The summed E-state index contributed by atoms with van der Waals surface area (Å²) in [5.74, 6) is 0.555. The van der Waals surface area contributed by atoms with Gasteiger partial charge in [0.2, 0.25) is 0 Å². The largest absolute Gasteiger partial charge is 0.378 e. The summed E-state index contributed by atoms with van der Waals surface area (Å²) in [6.45, 7) is 6.55. The Morgan fingerprint density at radius 3 is 2.63 bits per heavy atom. The van der Waals surface area contributed by atoms with E-state index in [-0.39, 0.29) is 29.8 Å². The number of aromatic nitrogens is 1. The molecule has 6 nitrogen and oxygen atoms in total. The van der Waals surface area contributed by atoms with Crippen LogP contribution in [0.2, 0.25) is 5.02 Å². The molecule has 9 heteroatoms. The molecule has 0 radical (unpaired) electrons. The Kier molecular flexibility index (Phi) is 9.70. The van der Waals surface area contributed by atoms with Gasteiger partial charge >= 0.3 is 0 Å². The minimum Gasteiger partial charge on any atom is -0.378 e. The van der Waals surface area contributed by atoms with Crippen LogP contribution < -0.4 is 10.2 Å². The number of nitrogens with zero attached hydrogens (tertiary/aromatic N) is 4. The van der Waals surface area contributed by atoms with Crippen LogP contribution in [0.3, 0.4) is 0 Å². The molecule has 0 spiro atoms. The molecule has 2 heterocycles. The van der Waals surface area contributed by atoms with E-state index in [0.717, 1.165) is 23.8 Å². The highest BCUT2D eigenvalue weighted by Gasteiger charge is 2.15. The molecule has 1 saturated heterocycles. The molecule has 1 aromatic carbocycles. The first kappa shape index (κ1) is 24.7. The second kappa shape index (κ2) is 11.8. The number of halogens is 3. The zero-order valence-corrected chi connectivity index (χ0v) is 20.8. The van der Waals surface area contributed by atoms with Crippen LogP contribution in [0.5, 0.6) is 0 Å². The predicted octanol–water partition coefficient (Wildman–Crippen LogP) is 3.87. The first-order valence-corrected chi connectivity index (χ1v) is 10.3. The van der Waals surface area contributed by atoms with E-state index in [1.807, 2.05) is 59.8 Å². The number of ether oxygens (including phenoxy) is 1. The number of guanidine groups is 1. The molecule has 30 heavy (non-hydrogen) atoms. The number of hydrogen-bond donors (Lipinski definition) is 1. The van der Waals surface area contributed by atoms with Gasteiger partial charge in [-0.15, -0.1) is 24.0 Å². The maximum absolute atomic E-state index is 14.6. The van der Waals surface area contributed by atoms with E-state index >= 15 is 0 Å². The van der Waals surface area contributed by atoms with Gasteiger partial charge in [0.05, 0.1) is 37.0 Å². The average molecular weight is 550 g/mol. The van der Waals surface area contributed by atoms with Crippen LogP contribution in [0.25, 0.3) is 0 Å². The number of rotatable bonds is 6. The van der Waals surface area contributed by atoms with Crippen LogP contribution in [-0.2, 0) is 24.9 Å². The fourth-order valence-corrected chi connectivity index (χ4v) is 3.66. The highest BCUT2D eigenvalue weighted by Crippen LogP contribution is 2.22. The maximum Gasteiger partial charge on any atom is 0.194 e. The molecular formula is C21H30ClFIN5O. The van der Waals surface area contributed by atoms with E-state index in [1.54, 1.807) is 6.07 Å². The minimum absolute atomic E-state index is 0. The van der Waals surface area contributed by atoms with Crippen molar-refractivity contribution in [1.82, 2.24) is 14.8 Å². The lowest BCUT2D eigenvalue weighted by Gasteiger charge is -2.29. The molecule has 1 N–H and O–H groups in total. The second-order valence-corrected chi connectivity index (χ2v) is 7.61. The van der Waals surface area contributed by atoms with Crippen molar-refractivity contribution in [2.24, 2.45) is 12.0 Å². The van der Waals surface area contributed by atoms with Crippen molar-refractivity contribution in [3.8, 4) is 0 Å². The number of aliphatic imine (C=N–C) groups is 1. The van der Waals surface area contributed by atoms with Gasteiger partial charge in [-0.2, -0.15) is 0 Å². The Morgan fingerprint density at radius 1 is 1.30 bits per heavy atom. The van der Waals surface area contributed by atoms with Gasteiger partial charge in [0.25, 0.3) is 0 Å². The van der Waals surface area contributed by atoms with Gasteiger partial charge < -0.3 is 24.4 Å². The van der Waals surface area contributed by atoms with Crippen LogP contribution in [0.4, 0.5) is 10.1 Å². The van der Waals surface area contributed by atoms with E-state index in [0.29, 0.717) is 50.1 Å². The molecule has 0 atom stereocenters. The first-order chi connectivity index (χ1) is 14.0. The number of morpholine rings is 1. The summed E-state index contributed by atoms with van der Waals surface area (Å²) >= 11 is 6.08. The highest BCUT2D eigenvalue weighted by atomic mass is 127. The van der Waals surface area contributed by atoms with Crippen LogP contribution >= 0.6 is 35.6 Å². The van der Waals surface area contributed by atoms with E-state index in [4.69, 9.17) is 16.3 Å². The Morgan fingerprint density at radius 2 is 2.03 bits per heavy atom. The molecule has 0 aliphatic carbocycles. The van der Waals surface area contributed by atoms with Crippen molar-refractivity contribution in [2.45, 2.75) is 20.0 Å². The summed E-state index contributed by atoms with van der Waals surface area (Å²) in [5.41, 5.74) is 2.56. The smallest absolute Gasteiger partial charge is 0.194 e. The van der Waals surface area contributed by atoms with Crippen LogP contribution in [-0.4, -0.2) is 55.3 Å². The van der Waals surface area contributed by atoms with E-state index in [1.165, 1.54) is 0 Å². The Labute approximate surface area is 200 Å². The fraction of sp³-hybridized carbons (Fsp3) is 0.476.